The van der Waals surface area contributed by atoms with E-state index >= 15 is 0 Å². The fourth-order valence-corrected chi connectivity index (χ4v) is 21.3. The summed E-state index contributed by atoms with van der Waals surface area (Å²) >= 11 is 0. The van der Waals surface area contributed by atoms with Gasteiger partial charge in [0.15, 0.2) is 8.07 Å². The van der Waals surface area contributed by atoms with Crippen LogP contribution in [0.15, 0.2) is 164 Å². The number of fused-ring (bicyclic) bond motifs is 11. The van der Waals surface area contributed by atoms with E-state index in [4.69, 9.17) is 0 Å². The molecule has 0 bridgehead atoms. The van der Waals surface area contributed by atoms with Crippen molar-refractivity contribution in [2.24, 2.45) is 10.8 Å². The minimum atomic E-state index is -2.93. The summed E-state index contributed by atoms with van der Waals surface area (Å²) in [7, 11) is -2.93. The highest BCUT2D eigenvalue weighted by Gasteiger charge is 2.56. The number of hydrogen-bond donors (Lipinski definition) is 0. The average Bonchev–Trinajstić information content (AvgIpc) is 4.03. The zero-order chi connectivity index (χ0) is 46.4. The molecule has 0 unspecified atom stereocenters. The van der Waals surface area contributed by atoms with Crippen molar-refractivity contribution in [2.75, 3.05) is 0 Å². The van der Waals surface area contributed by atoms with Gasteiger partial charge in [0, 0.05) is 44.1 Å². The third-order valence-corrected chi connectivity index (χ3v) is 24.0. The Morgan fingerprint density at radius 2 is 1.01 bits per heavy atom. The molecular formula is C66H57BN2Si. The summed E-state index contributed by atoms with van der Waals surface area (Å²) in [6, 6.07) is 65.4. The van der Waals surface area contributed by atoms with Crippen molar-refractivity contribution in [1.82, 2.24) is 9.13 Å². The number of benzene rings is 8. The van der Waals surface area contributed by atoms with Crippen molar-refractivity contribution in [3.8, 4) is 44.9 Å². The Morgan fingerprint density at radius 1 is 0.457 bits per heavy atom. The van der Waals surface area contributed by atoms with Gasteiger partial charge in [-0.15, -0.1) is 0 Å². The van der Waals surface area contributed by atoms with Crippen molar-refractivity contribution in [3.05, 3.63) is 175 Å². The molecule has 16 rings (SSSR count). The van der Waals surface area contributed by atoms with Crippen LogP contribution < -0.4 is 37.1 Å². The lowest BCUT2D eigenvalue weighted by Gasteiger charge is -2.43. The van der Waals surface area contributed by atoms with Crippen molar-refractivity contribution in [3.63, 3.8) is 0 Å². The molecule has 2 fully saturated rings. The van der Waals surface area contributed by atoms with Crippen molar-refractivity contribution >= 4 is 84.6 Å². The van der Waals surface area contributed by atoms with Gasteiger partial charge in [0.1, 0.15) is 0 Å². The molecule has 0 saturated heterocycles. The van der Waals surface area contributed by atoms with Crippen molar-refractivity contribution in [2.45, 2.75) is 90.9 Å². The Balaban J connectivity index is 1.10. The minimum absolute atomic E-state index is 0.0853. The Labute approximate surface area is 413 Å². The van der Waals surface area contributed by atoms with Crippen molar-refractivity contribution < 1.29 is 0 Å². The zero-order valence-corrected chi connectivity index (χ0v) is 41.9. The molecule has 10 aromatic rings. The van der Waals surface area contributed by atoms with Gasteiger partial charge in [-0.1, -0.05) is 173 Å². The third kappa shape index (κ3) is 5.06. The first-order valence-corrected chi connectivity index (χ1v) is 28.5. The molecule has 1 spiro atoms. The molecule has 2 aromatic heterocycles. The van der Waals surface area contributed by atoms with Crippen LogP contribution in [0, 0.1) is 10.8 Å². The molecule has 4 heteroatoms. The summed E-state index contributed by atoms with van der Waals surface area (Å²) in [5.74, 6) is 1.12. The van der Waals surface area contributed by atoms with E-state index < -0.39 is 8.07 Å². The van der Waals surface area contributed by atoms with Crippen molar-refractivity contribution in [1.29, 1.82) is 0 Å². The molecule has 0 radical (unpaired) electrons. The molecule has 2 nitrogen and oxygen atoms in total. The van der Waals surface area contributed by atoms with E-state index in [1.54, 1.807) is 31.9 Å². The number of aromatic nitrogens is 2. The molecule has 2 saturated carbocycles. The number of para-hydroxylation sites is 1. The van der Waals surface area contributed by atoms with Gasteiger partial charge in [0.05, 0.1) is 11.2 Å². The van der Waals surface area contributed by atoms with Crippen LogP contribution >= 0.6 is 0 Å². The number of hydrogen-bond acceptors (Lipinski definition) is 0. The van der Waals surface area contributed by atoms with E-state index in [0.29, 0.717) is 22.7 Å². The van der Waals surface area contributed by atoms with Gasteiger partial charge in [-0.05, 0) is 163 Å². The van der Waals surface area contributed by atoms with Gasteiger partial charge < -0.3 is 9.13 Å². The second-order valence-electron chi connectivity index (χ2n) is 23.9. The number of rotatable bonds is 4. The molecule has 0 N–H and O–H groups in total. The summed E-state index contributed by atoms with van der Waals surface area (Å²) in [6.45, 7) is 10.1. The Hall–Kier alpha value is -6.62. The van der Waals surface area contributed by atoms with Crippen LogP contribution in [0.3, 0.4) is 0 Å². The number of nitrogens with zero attached hydrogens (tertiary/aromatic N) is 2. The molecule has 0 atom stereocenters. The minimum Gasteiger partial charge on any atom is -0.310 e. The SMILES string of the molecule is CC1(C)CCC(c2cc3c4c(c2)c2cc(C5CCC(C)(C)CC5)cc5c2n4-c2c(ccc4c2B3c2cccc3c(-c6ccccc6)c(-c6ccccc6)n-4c23)[Si]52c3ccccc3-c3ccccc32)CC1. The van der Waals surface area contributed by atoms with Crippen LogP contribution in [0.1, 0.15) is 102 Å². The fourth-order valence-electron chi connectivity index (χ4n) is 15.7. The molecule has 6 heterocycles. The van der Waals surface area contributed by atoms with Gasteiger partial charge in [0.2, 0.25) is 0 Å². The summed E-state index contributed by atoms with van der Waals surface area (Å²) in [5, 5.41) is 10.6. The predicted octanol–water partition coefficient (Wildman–Crippen LogP) is 12.2. The van der Waals surface area contributed by atoms with Crippen LogP contribution in [0.2, 0.25) is 0 Å². The van der Waals surface area contributed by atoms with Gasteiger partial charge in [-0.3, -0.25) is 0 Å². The quantitative estimate of drug-likeness (QED) is 0.156. The first-order valence-electron chi connectivity index (χ1n) is 26.5. The largest absolute Gasteiger partial charge is 0.310 e. The highest BCUT2D eigenvalue weighted by atomic mass is 28.3. The standard InChI is InChI=1S/C66H57BN2Si/c1-65(2)32-28-40(29-33-65)44-36-49-50-37-45(41-30-34-66(3,4)35-31-41)39-57-63(50)69-62(49)52(38-44)67-51-23-15-22-48-58(42-16-7-5-8-17-42)60(43-18-9-6-10-19-43)68(61(48)51)53-26-27-56(64(69)59(53)67)70(57)54-24-13-11-20-46(54)47-21-12-14-25-55(47)70/h5-27,36-41H,28-35H2,1-4H3. The van der Waals surface area contributed by atoms with Gasteiger partial charge in [-0.2, -0.15) is 0 Å². The Morgan fingerprint density at radius 3 is 1.66 bits per heavy atom. The topological polar surface area (TPSA) is 9.86 Å². The smallest absolute Gasteiger partial charge is 0.252 e. The summed E-state index contributed by atoms with van der Waals surface area (Å²) in [5.41, 5.74) is 23.5. The molecule has 8 aromatic carbocycles. The predicted molar refractivity (Wildman–Crippen MR) is 299 cm³/mol. The monoisotopic (exact) mass is 916 g/mol. The summed E-state index contributed by atoms with van der Waals surface area (Å²) in [6.07, 6.45) is 10.2. The molecule has 2 aliphatic carbocycles. The highest BCUT2D eigenvalue weighted by molar-refractivity contribution is 7.24. The zero-order valence-electron chi connectivity index (χ0n) is 40.9. The molecule has 4 aliphatic heterocycles. The van der Waals surface area contributed by atoms with E-state index in [1.165, 1.54) is 145 Å². The van der Waals surface area contributed by atoms with Crippen LogP contribution in [0.5, 0.6) is 0 Å². The average molecular weight is 917 g/mol. The summed E-state index contributed by atoms with van der Waals surface area (Å²) < 4.78 is 5.59. The maximum absolute atomic E-state index is 2.93. The molecule has 70 heavy (non-hydrogen) atoms. The maximum atomic E-state index is 2.87. The fraction of sp³-hybridized carbons (Fsp3) is 0.242. The highest BCUT2D eigenvalue weighted by Crippen LogP contribution is 2.50. The maximum Gasteiger partial charge on any atom is 0.252 e. The molecular weight excluding hydrogens is 860 g/mol. The van der Waals surface area contributed by atoms with E-state index in [-0.39, 0.29) is 6.71 Å². The normalized spacial score (nSPS) is 18.6. The van der Waals surface area contributed by atoms with Gasteiger partial charge in [0.25, 0.3) is 6.71 Å². The molecule has 0 amide bonds. The van der Waals surface area contributed by atoms with Crippen LogP contribution in [0.4, 0.5) is 0 Å². The lowest BCUT2D eigenvalue weighted by atomic mass is 9.34. The van der Waals surface area contributed by atoms with Crippen LogP contribution in [-0.4, -0.2) is 23.9 Å². The van der Waals surface area contributed by atoms with Crippen LogP contribution in [-0.2, 0) is 0 Å². The molecule has 338 valence electrons. The second-order valence-corrected chi connectivity index (χ2v) is 27.5. The first-order chi connectivity index (χ1) is 34.2. The lowest BCUT2D eigenvalue weighted by molar-refractivity contribution is 0.224. The van der Waals surface area contributed by atoms with Gasteiger partial charge in [-0.25, -0.2) is 0 Å². The van der Waals surface area contributed by atoms with Crippen LogP contribution in [0.25, 0.3) is 77.6 Å². The van der Waals surface area contributed by atoms with Gasteiger partial charge >= 0.3 is 0 Å². The Kier molecular flexibility index (Phi) is 7.93. The second kappa shape index (κ2) is 13.8. The third-order valence-electron chi connectivity index (χ3n) is 19.1. The van der Waals surface area contributed by atoms with E-state index in [2.05, 4.69) is 201 Å². The van der Waals surface area contributed by atoms with E-state index in [0.717, 1.165) is 0 Å². The first kappa shape index (κ1) is 40.1. The summed E-state index contributed by atoms with van der Waals surface area (Å²) in [4.78, 5) is 0. The van der Waals surface area contributed by atoms with E-state index in [9.17, 15) is 0 Å². The molecule has 6 aliphatic rings. The van der Waals surface area contributed by atoms with E-state index in [1.807, 2.05) is 0 Å². The lowest BCUT2D eigenvalue weighted by Crippen LogP contribution is -2.77. The Bertz CT molecular complexity index is 3860.